The molecule has 0 bridgehead atoms. The molecule has 0 spiro atoms. The van der Waals surface area contributed by atoms with E-state index in [9.17, 15) is 0 Å². The van der Waals surface area contributed by atoms with Crippen LogP contribution in [0.15, 0.2) is 28.7 Å². The van der Waals surface area contributed by atoms with E-state index in [0.717, 1.165) is 11.1 Å². The molecule has 17 heavy (non-hydrogen) atoms. The van der Waals surface area contributed by atoms with Crippen LogP contribution in [-0.2, 0) is 6.54 Å². The van der Waals surface area contributed by atoms with Crippen molar-refractivity contribution in [3.8, 4) is 0 Å². The SMILES string of the molecule is OCCN(CCO)Cc1nc2ccccc2o1. The monoisotopic (exact) mass is 236 g/mol. The average Bonchev–Trinajstić information content (AvgIpc) is 2.71. The Kier molecular flexibility index (Phi) is 4.08. The van der Waals surface area contributed by atoms with Gasteiger partial charge < -0.3 is 14.6 Å². The molecule has 0 aliphatic heterocycles. The molecule has 0 radical (unpaired) electrons. The molecule has 1 aromatic heterocycles. The van der Waals surface area contributed by atoms with Gasteiger partial charge in [-0.15, -0.1) is 0 Å². The standard InChI is InChI=1S/C12H16N2O3/c15-7-5-14(6-8-16)9-12-13-10-3-1-2-4-11(10)17-12/h1-4,15-16H,5-9H2. The summed E-state index contributed by atoms with van der Waals surface area (Å²) in [4.78, 5) is 6.24. The molecule has 1 heterocycles. The highest BCUT2D eigenvalue weighted by atomic mass is 16.3. The second-order valence-electron chi connectivity index (χ2n) is 3.80. The molecule has 0 aliphatic carbocycles. The van der Waals surface area contributed by atoms with Crippen LogP contribution >= 0.6 is 0 Å². The van der Waals surface area contributed by atoms with E-state index in [0.29, 0.717) is 25.5 Å². The van der Waals surface area contributed by atoms with E-state index >= 15 is 0 Å². The Morgan fingerprint density at radius 3 is 2.47 bits per heavy atom. The van der Waals surface area contributed by atoms with Gasteiger partial charge in [0.2, 0.25) is 5.89 Å². The molecule has 2 aromatic rings. The smallest absolute Gasteiger partial charge is 0.209 e. The molecular weight excluding hydrogens is 220 g/mol. The lowest BCUT2D eigenvalue weighted by Crippen LogP contribution is -2.29. The van der Waals surface area contributed by atoms with Crippen molar-refractivity contribution in [2.45, 2.75) is 6.54 Å². The molecule has 0 saturated heterocycles. The van der Waals surface area contributed by atoms with Crippen molar-refractivity contribution >= 4 is 11.1 Å². The molecule has 0 fully saturated rings. The van der Waals surface area contributed by atoms with Crippen LogP contribution < -0.4 is 0 Å². The van der Waals surface area contributed by atoms with Crippen molar-refractivity contribution in [1.29, 1.82) is 0 Å². The van der Waals surface area contributed by atoms with E-state index in [-0.39, 0.29) is 13.2 Å². The van der Waals surface area contributed by atoms with Gasteiger partial charge in [0.25, 0.3) is 0 Å². The van der Waals surface area contributed by atoms with Gasteiger partial charge in [0.1, 0.15) is 5.52 Å². The second-order valence-corrected chi connectivity index (χ2v) is 3.80. The number of aliphatic hydroxyl groups is 2. The van der Waals surface area contributed by atoms with Crippen LogP contribution in [0.1, 0.15) is 5.89 Å². The topological polar surface area (TPSA) is 69.7 Å². The third-order valence-corrected chi connectivity index (χ3v) is 2.53. The lowest BCUT2D eigenvalue weighted by Gasteiger charge is -2.17. The van der Waals surface area contributed by atoms with Crippen LogP contribution in [0.3, 0.4) is 0 Å². The summed E-state index contributed by atoms with van der Waals surface area (Å²) in [5.41, 5.74) is 1.59. The first-order chi connectivity index (χ1) is 8.33. The Balaban J connectivity index is 2.10. The third kappa shape index (κ3) is 3.03. The highest BCUT2D eigenvalue weighted by molar-refractivity contribution is 5.72. The van der Waals surface area contributed by atoms with Crippen LogP contribution in [0.25, 0.3) is 11.1 Å². The quantitative estimate of drug-likeness (QED) is 0.769. The van der Waals surface area contributed by atoms with Crippen LogP contribution in [0, 0.1) is 0 Å². The van der Waals surface area contributed by atoms with E-state index in [4.69, 9.17) is 14.6 Å². The maximum atomic E-state index is 8.91. The van der Waals surface area contributed by atoms with E-state index in [1.165, 1.54) is 0 Å². The lowest BCUT2D eigenvalue weighted by atomic mass is 10.3. The summed E-state index contributed by atoms with van der Waals surface area (Å²) in [6, 6.07) is 7.57. The summed E-state index contributed by atoms with van der Waals surface area (Å²) in [7, 11) is 0. The van der Waals surface area contributed by atoms with E-state index < -0.39 is 0 Å². The van der Waals surface area contributed by atoms with Crippen molar-refractivity contribution in [1.82, 2.24) is 9.88 Å². The Morgan fingerprint density at radius 1 is 1.12 bits per heavy atom. The maximum Gasteiger partial charge on any atom is 0.209 e. The fraction of sp³-hybridized carbons (Fsp3) is 0.417. The minimum atomic E-state index is 0.0558. The third-order valence-electron chi connectivity index (χ3n) is 2.53. The zero-order valence-corrected chi connectivity index (χ0v) is 9.54. The van der Waals surface area contributed by atoms with Crippen molar-refractivity contribution in [2.75, 3.05) is 26.3 Å². The van der Waals surface area contributed by atoms with E-state index in [2.05, 4.69) is 4.98 Å². The number of nitrogens with zero attached hydrogens (tertiary/aromatic N) is 2. The maximum absolute atomic E-state index is 8.91. The molecule has 92 valence electrons. The summed E-state index contributed by atoms with van der Waals surface area (Å²) in [5.74, 6) is 0.605. The number of benzene rings is 1. The minimum absolute atomic E-state index is 0.0558. The predicted octanol–water partition coefficient (Wildman–Crippen LogP) is 0.614. The highest BCUT2D eigenvalue weighted by Crippen LogP contribution is 2.15. The molecule has 1 aromatic carbocycles. The number of hydrogen-bond acceptors (Lipinski definition) is 5. The van der Waals surface area contributed by atoms with Crippen molar-refractivity contribution < 1.29 is 14.6 Å². The molecule has 2 rings (SSSR count). The Labute approximate surface area is 99.3 Å². The summed E-state index contributed by atoms with van der Waals surface area (Å²) in [5, 5.41) is 17.8. The molecule has 5 nitrogen and oxygen atoms in total. The van der Waals surface area contributed by atoms with E-state index in [1.54, 1.807) is 0 Å². The first-order valence-electron chi connectivity index (χ1n) is 5.62. The predicted molar refractivity (Wildman–Crippen MR) is 63.5 cm³/mol. The molecular formula is C12H16N2O3. The fourth-order valence-electron chi connectivity index (χ4n) is 1.73. The van der Waals surface area contributed by atoms with E-state index in [1.807, 2.05) is 29.2 Å². The first kappa shape index (κ1) is 12.0. The lowest BCUT2D eigenvalue weighted by molar-refractivity contribution is 0.147. The Bertz CT molecular complexity index is 430. The number of oxazole rings is 1. The molecule has 0 saturated carbocycles. The summed E-state index contributed by atoms with van der Waals surface area (Å²) >= 11 is 0. The van der Waals surface area contributed by atoms with Crippen LogP contribution in [0.4, 0.5) is 0 Å². The minimum Gasteiger partial charge on any atom is -0.439 e. The van der Waals surface area contributed by atoms with Gasteiger partial charge >= 0.3 is 0 Å². The van der Waals surface area contributed by atoms with Crippen molar-refractivity contribution in [3.63, 3.8) is 0 Å². The van der Waals surface area contributed by atoms with Gasteiger partial charge in [-0.25, -0.2) is 4.98 Å². The molecule has 5 heteroatoms. The van der Waals surface area contributed by atoms with Gasteiger partial charge in [-0.3, -0.25) is 4.90 Å². The zero-order chi connectivity index (χ0) is 12.1. The van der Waals surface area contributed by atoms with Crippen molar-refractivity contribution in [2.24, 2.45) is 0 Å². The van der Waals surface area contributed by atoms with Gasteiger partial charge in [0.05, 0.1) is 19.8 Å². The summed E-state index contributed by atoms with van der Waals surface area (Å²) < 4.78 is 5.58. The molecule has 0 amide bonds. The van der Waals surface area contributed by atoms with Crippen LogP contribution in [0.2, 0.25) is 0 Å². The van der Waals surface area contributed by atoms with Gasteiger partial charge in [-0.2, -0.15) is 0 Å². The summed E-state index contributed by atoms with van der Waals surface area (Å²) in [6.45, 7) is 1.61. The molecule has 0 aliphatic rings. The largest absolute Gasteiger partial charge is 0.439 e. The van der Waals surface area contributed by atoms with Crippen molar-refractivity contribution in [3.05, 3.63) is 30.2 Å². The number of fused-ring (bicyclic) bond motifs is 1. The number of aromatic nitrogens is 1. The molecule has 0 unspecified atom stereocenters. The normalized spacial score (nSPS) is 11.5. The fourth-order valence-corrected chi connectivity index (χ4v) is 1.73. The Hall–Kier alpha value is -1.43. The van der Waals surface area contributed by atoms with Crippen LogP contribution in [-0.4, -0.2) is 46.4 Å². The molecule has 2 N–H and O–H groups in total. The summed E-state index contributed by atoms with van der Waals surface area (Å²) in [6.07, 6.45) is 0. The van der Waals surface area contributed by atoms with Gasteiger partial charge in [-0.1, -0.05) is 12.1 Å². The number of rotatable bonds is 6. The first-order valence-corrected chi connectivity index (χ1v) is 5.62. The number of aliphatic hydroxyl groups excluding tert-OH is 2. The van der Waals surface area contributed by atoms with Gasteiger partial charge in [-0.05, 0) is 12.1 Å². The van der Waals surface area contributed by atoms with Crippen LogP contribution in [0.5, 0.6) is 0 Å². The van der Waals surface area contributed by atoms with Gasteiger partial charge in [0.15, 0.2) is 5.58 Å². The second kappa shape index (κ2) is 5.77. The number of para-hydroxylation sites is 2. The number of hydrogen-bond donors (Lipinski definition) is 2. The zero-order valence-electron chi connectivity index (χ0n) is 9.54. The Morgan fingerprint density at radius 2 is 1.82 bits per heavy atom. The van der Waals surface area contributed by atoms with Gasteiger partial charge in [0, 0.05) is 13.1 Å². The highest BCUT2D eigenvalue weighted by Gasteiger charge is 2.10. The molecule has 0 atom stereocenters. The average molecular weight is 236 g/mol.